The number of primary sulfonamides is 1. The summed E-state index contributed by atoms with van der Waals surface area (Å²) < 4.78 is 31.0. The summed E-state index contributed by atoms with van der Waals surface area (Å²) in [5.41, 5.74) is 0.611. The molecule has 28 heavy (non-hydrogen) atoms. The van der Waals surface area contributed by atoms with Crippen LogP contribution in [-0.4, -0.2) is 52.3 Å². The smallest absolute Gasteiger partial charge is 0.262 e. The number of rotatable bonds is 10. The van der Waals surface area contributed by atoms with E-state index in [9.17, 15) is 13.2 Å². The maximum Gasteiger partial charge on any atom is 0.262 e. The largest absolute Gasteiger partial charge is 0.382 e. The van der Waals surface area contributed by atoms with Gasteiger partial charge in [-0.2, -0.15) is 0 Å². The van der Waals surface area contributed by atoms with Crippen LogP contribution in [0, 0.1) is 0 Å². The molecule has 0 spiro atoms. The van der Waals surface area contributed by atoms with Crippen LogP contribution < -0.4 is 10.7 Å². The molecule has 0 atom stereocenters. The van der Waals surface area contributed by atoms with E-state index < -0.39 is 10.0 Å². The minimum Gasteiger partial charge on any atom is -0.382 e. The van der Waals surface area contributed by atoms with Crippen molar-refractivity contribution in [2.75, 3.05) is 24.7 Å². The fourth-order valence-corrected chi connectivity index (χ4v) is 4.53. The lowest BCUT2D eigenvalue weighted by Crippen LogP contribution is -2.24. The molecule has 0 saturated carbocycles. The molecule has 2 heterocycles. The minimum absolute atomic E-state index is 0.0837. The molecule has 0 fully saturated rings. The molecule has 0 aliphatic heterocycles. The molecule has 0 bridgehead atoms. The summed E-state index contributed by atoms with van der Waals surface area (Å²) in [4.78, 5) is 12.9. The molecule has 0 amide bonds. The van der Waals surface area contributed by atoms with Crippen molar-refractivity contribution in [1.82, 2.24) is 19.2 Å². The number of hydrogen-bond donors (Lipinski definition) is 1. The molecule has 0 saturated heterocycles. The summed E-state index contributed by atoms with van der Waals surface area (Å²) in [5, 5.41) is 14.7. The molecular weight excluding hydrogens is 402 g/mol. The number of sulfonamides is 1. The first-order valence-corrected chi connectivity index (χ1v) is 11.7. The third-order valence-electron chi connectivity index (χ3n) is 4.16. The Morgan fingerprint density at radius 3 is 2.75 bits per heavy atom. The fourth-order valence-electron chi connectivity index (χ4n) is 2.92. The number of nitrogens with zero attached hydrogens (tertiary/aromatic N) is 4. The highest BCUT2D eigenvalue weighted by molar-refractivity contribution is 7.99. The summed E-state index contributed by atoms with van der Waals surface area (Å²) in [5.74, 6) is 0.906. The lowest BCUT2D eigenvalue weighted by atomic mass is 10.2. The topological polar surface area (TPSA) is 122 Å². The summed E-state index contributed by atoms with van der Waals surface area (Å²) in [6.07, 6.45) is 1.09. The van der Waals surface area contributed by atoms with E-state index in [2.05, 4.69) is 10.2 Å². The van der Waals surface area contributed by atoms with Crippen molar-refractivity contribution < 1.29 is 13.2 Å². The molecule has 0 radical (unpaired) electrons. The normalized spacial score (nSPS) is 12.2. The van der Waals surface area contributed by atoms with Crippen LogP contribution in [-0.2, 0) is 21.3 Å². The summed E-state index contributed by atoms with van der Waals surface area (Å²) >= 11 is 1.39. The molecule has 3 aromatic rings. The second kappa shape index (κ2) is 9.03. The Kier molecular flexibility index (Phi) is 6.70. The number of benzene rings is 1. The van der Waals surface area contributed by atoms with E-state index in [4.69, 9.17) is 9.88 Å². The summed E-state index contributed by atoms with van der Waals surface area (Å²) in [7, 11) is -3.48. The number of fused-ring (bicyclic) bond motifs is 3. The van der Waals surface area contributed by atoms with Gasteiger partial charge in [0.05, 0.1) is 16.7 Å². The van der Waals surface area contributed by atoms with Crippen molar-refractivity contribution >= 4 is 38.5 Å². The number of hydrogen-bond acceptors (Lipinski definition) is 7. The Morgan fingerprint density at radius 1 is 1.21 bits per heavy atom. The first-order chi connectivity index (χ1) is 13.4. The molecule has 9 nitrogen and oxygen atoms in total. The Morgan fingerprint density at radius 2 is 2.00 bits per heavy atom. The van der Waals surface area contributed by atoms with Gasteiger partial charge in [-0.15, -0.1) is 10.2 Å². The first-order valence-electron chi connectivity index (χ1n) is 9.00. The van der Waals surface area contributed by atoms with E-state index in [1.54, 1.807) is 10.6 Å². The molecule has 1 aromatic carbocycles. The van der Waals surface area contributed by atoms with Crippen LogP contribution >= 0.6 is 11.8 Å². The number of aryl methyl sites for hydroxylation is 1. The minimum atomic E-state index is -3.48. The highest BCUT2D eigenvalue weighted by Gasteiger charge is 2.16. The second-order valence-corrected chi connectivity index (χ2v) is 9.01. The average Bonchev–Trinajstić information content (AvgIpc) is 3.08. The van der Waals surface area contributed by atoms with Gasteiger partial charge < -0.3 is 4.74 Å². The second-order valence-electron chi connectivity index (χ2n) is 6.21. The molecule has 2 N–H and O–H groups in total. The van der Waals surface area contributed by atoms with Gasteiger partial charge >= 0.3 is 0 Å². The molecule has 2 aromatic heterocycles. The van der Waals surface area contributed by atoms with Crippen LogP contribution in [0.3, 0.4) is 0 Å². The zero-order valence-corrected chi connectivity index (χ0v) is 17.2. The Labute approximate surface area is 166 Å². The van der Waals surface area contributed by atoms with Crippen LogP contribution in [0.1, 0.15) is 19.8 Å². The van der Waals surface area contributed by atoms with Crippen molar-refractivity contribution in [1.29, 1.82) is 0 Å². The lowest BCUT2D eigenvalue weighted by molar-refractivity contribution is 0.141. The van der Waals surface area contributed by atoms with Crippen molar-refractivity contribution in [3.63, 3.8) is 0 Å². The third-order valence-corrected chi connectivity index (χ3v) is 6.03. The quantitative estimate of drug-likeness (QED) is 0.383. The van der Waals surface area contributed by atoms with E-state index in [-0.39, 0.29) is 11.3 Å². The van der Waals surface area contributed by atoms with Crippen molar-refractivity contribution in [3.8, 4) is 0 Å². The van der Waals surface area contributed by atoms with Gasteiger partial charge in [-0.25, -0.2) is 13.6 Å². The number of para-hydroxylation sites is 1. The van der Waals surface area contributed by atoms with Gasteiger partial charge in [0.25, 0.3) is 5.56 Å². The zero-order chi connectivity index (χ0) is 20.1. The van der Waals surface area contributed by atoms with Gasteiger partial charge in [0, 0.05) is 25.5 Å². The predicted molar refractivity (Wildman–Crippen MR) is 109 cm³/mol. The molecule has 11 heteroatoms. The van der Waals surface area contributed by atoms with Crippen LogP contribution in [0.4, 0.5) is 0 Å². The first kappa shape index (κ1) is 20.8. The fraction of sp³-hybridized carbons (Fsp3) is 0.471. The van der Waals surface area contributed by atoms with Crippen molar-refractivity contribution in [2.24, 2.45) is 5.14 Å². The Bertz CT molecular complexity index is 1120. The molecule has 3 rings (SSSR count). The van der Waals surface area contributed by atoms with Crippen molar-refractivity contribution in [3.05, 3.63) is 34.6 Å². The van der Waals surface area contributed by atoms with E-state index in [1.807, 2.05) is 29.5 Å². The zero-order valence-electron chi connectivity index (χ0n) is 15.6. The Hall–Kier alpha value is -1.95. The third kappa shape index (κ3) is 4.72. The van der Waals surface area contributed by atoms with Gasteiger partial charge in [0.1, 0.15) is 0 Å². The highest BCUT2D eigenvalue weighted by atomic mass is 32.2. The monoisotopic (exact) mass is 425 g/mol. The molecular formula is C17H23N5O4S2. The van der Waals surface area contributed by atoms with Crippen LogP contribution in [0.25, 0.3) is 16.7 Å². The molecule has 0 unspecified atom stereocenters. The number of ether oxygens (including phenoxy) is 1. The lowest BCUT2D eigenvalue weighted by Gasteiger charge is -2.11. The number of aromatic nitrogens is 4. The van der Waals surface area contributed by atoms with Crippen molar-refractivity contribution in [2.45, 2.75) is 31.5 Å². The number of nitrogens with two attached hydrogens (primary N) is 1. The average molecular weight is 426 g/mol. The van der Waals surface area contributed by atoms with E-state index in [0.717, 1.165) is 5.52 Å². The van der Waals surface area contributed by atoms with E-state index in [1.165, 1.54) is 11.8 Å². The Balaban J connectivity index is 1.96. The predicted octanol–water partition coefficient (Wildman–Crippen LogP) is 1.24. The standard InChI is InChI=1S/C17H23N5O4S2/c1-2-26-10-5-9-21-15(23)13-7-3-4-8-14(13)22-16(21)19-20-17(22)27-11-6-12-28(18,24)25/h3-4,7-8H,2,5-6,9-12H2,1H3,(H2,18,24,25). The van der Waals surface area contributed by atoms with Gasteiger partial charge in [-0.1, -0.05) is 23.9 Å². The maximum absolute atomic E-state index is 12.9. The van der Waals surface area contributed by atoms with Gasteiger partial charge in [-0.3, -0.25) is 13.8 Å². The molecule has 0 aliphatic carbocycles. The van der Waals surface area contributed by atoms with Gasteiger partial charge in [0.15, 0.2) is 5.16 Å². The maximum atomic E-state index is 12.9. The van der Waals surface area contributed by atoms with Gasteiger partial charge in [-0.05, 0) is 31.9 Å². The van der Waals surface area contributed by atoms with E-state index in [0.29, 0.717) is 54.7 Å². The van der Waals surface area contributed by atoms with Crippen LogP contribution in [0.2, 0.25) is 0 Å². The van der Waals surface area contributed by atoms with Crippen LogP contribution in [0.15, 0.2) is 34.2 Å². The SMILES string of the molecule is CCOCCCn1c(=O)c2ccccc2n2c(SCCCS(N)(=O)=O)nnc12. The number of thioether (sulfide) groups is 1. The highest BCUT2D eigenvalue weighted by Crippen LogP contribution is 2.22. The molecule has 152 valence electrons. The summed E-state index contributed by atoms with van der Waals surface area (Å²) in [6, 6.07) is 7.32. The summed E-state index contributed by atoms with van der Waals surface area (Å²) in [6.45, 7) is 3.59. The molecule has 0 aliphatic rings. The van der Waals surface area contributed by atoms with E-state index >= 15 is 0 Å². The van der Waals surface area contributed by atoms with Gasteiger partial charge in [0.2, 0.25) is 15.8 Å². The van der Waals surface area contributed by atoms with Crippen LogP contribution in [0.5, 0.6) is 0 Å².